The van der Waals surface area contributed by atoms with E-state index in [1.807, 2.05) is 24.3 Å². The molecule has 2 aromatic rings. The molecule has 0 atom stereocenters. The number of hydrogen-bond donors (Lipinski definition) is 1. The molecule has 4 heteroatoms. The van der Waals surface area contributed by atoms with E-state index >= 15 is 0 Å². The number of benzene rings is 2. The molecule has 0 radical (unpaired) electrons. The molecule has 0 aromatic heterocycles. The van der Waals surface area contributed by atoms with Gasteiger partial charge in [-0.2, -0.15) is 0 Å². The molecule has 0 unspecified atom stereocenters. The van der Waals surface area contributed by atoms with Crippen LogP contribution in [-0.2, 0) is 13.2 Å². The van der Waals surface area contributed by atoms with E-state index in [4.69, 9.17) is 33.0 Å². The fourth-order valence-electron chi connectivity index (χ4n) is 1.53. The van der Waals surface area contributed by atoms with Crippen molar-refractivity contribution in [2.75, 3.05) is 0 Å². The Morgan fingerprint density at radius 1 is 1.00 bits per heavy atom. The van der Waals surface area contributed by atoms with Gasteiger partial charge in [-0.3, -0.25) is 0 Å². The van der Waals surface area contributed by atoms with Crippen LogP contribution in [0.15, 0.2) is 42.5 Å². The van der Waals surface area contributed by atoms with Gasteiger partial charge < -0.3 is 9.84 Å². The predicted octanol–water partition coefficient (Wildman–Crippen LogP) is 4.06. The topological polar surface area (TPSA) is 29.5 Å². The predicted molar refractivity (Wildman–Crippen MR) is 73.2 cm³/mol. The molecule has 0 spiro atoms. The van der Waals surface area contributed by atoms with E-state index in [0.717, 1.165) is 11.1 Å². The summed E-state index contributed by atoms with van der Waals surface area (Å²) in [5, 5.41) is 10.1. The zero-order valence-corrected chi connectivity index (χ0v) is 11.1. The Labute approximate surface area is 116 Å². The Kier molecular flexibility index (Phi) is 4.48. The van der Waals surface area contributed by atoms with Crippen molar-refractivity contribution >= 4 is 23.2 Å². The molecule has 1 N–H and O–H groups in total. The van der Waals surface area contributed by atoms with Gasteiger partial charge in [0.15, 0.2) is 0 Å². The molecule has 0 aliphatic rings. The zero-order chi connectivity index (χ0) is 13.0. The smallest absolute Gasteiger partial charge is 0.138 e. The summed E-state index contributed by atoms with van der Waals surface area (Å²) in [6, 6.07) is 12.7. The Morgan fingerprint density at radius 3 is 2.44 bits per heavy atom. The highest BCUT2D eigenvalue weighted by Gasteiger charge is 2.05. The lowest BCUT2D eigenvalue weighted by molar-refractivity contribution is 0.281. The lowest BCUT2D eigenvalue weighted by atomic mass is 10.2. The van der Waals surface area contributed by atoms with Crippen molar-refractivity contribution in [2.45, 2.75) is 13.2 Å². The van der Waals surface area contributed by atoms with Crippen LogP contribution in [0, 0.1) is 0 Å². The zero-order valence-electron chi connectivity index (χ0n) is 9.57. The Hall–Kier alpha value is -1.22. The van der Waals surface area contributed by atoms with Crippen molar-refractivity contribution in [2.24, 2.45) is 0 Å². The summed E-state index contributed by atoms with van der Waals surface area (Å²) in [6.45, 7) is 0.322. The minimum Gasteiger partial charge on any atom is -0.487 e. The molecule has 2 nitrogen and oxygen atoms in total. The summed E-state index contributed by atoms with van der Waals surface area (Å²) in [4.78, 5) is 0. The summed E-state index contributed by atoms with van der Waals surface area (Å²) in [6.07, 6.45) is 0. The molecule has 0 fully saturated rings. The first-order valence-electron chi connectivity index (χ1n) is 5.46. The third-order valence-corrected chi connectivity index (χ3v) is 3.18. The first-order chi connectivity index (χ1) is 8.70. The van der Waals surface area contributed by atoms with Crippen molar-refractivity contribution in [3.8, 4) is 5.75 Å². The highest BCUT2D eigenvalue weighted by atomic mass is 35.5. The van der Waals surface area contributed by atoms with Crippen molar-refractivity contribution in [1.82, 2.24) is 0 Å². The van der Waals surface area contributed by atoms with Crippen LogP contribution in [0.2, 0.25) is 10.0 Å². The molecular weight excluding hydrogens is 271 g/mol. The van der Waals surface area contributed by atoms with Crippen LogP contribution < -0.4 is 4.74 Å². The number of hydrogen-bond acceptors (Lipinski definition) is 2. The van der Waals surface area contributed by atoms with Gasteiger partial charge in [0.1, 0.15) is 12.4 Å². The fraction of sp³-hybridized carbons (Fsp3) is 0.143. The van der Waals surface area contributed by atoms with Crippen LogP contribution in [0.25, 0.3) is 0 Å². The minimum atomic E-state index is -0.0372. The highest BCUT2D eigenvalue weighted by molar-refractivity contribution is 6.32. The normalized spacial score (nSPS) is 10.4. The Bertz CT molecular complexity index is 541. The van der Waals surface area contributed by atoms with Gasteiger partial charge in [-0.25, -0.2) is 0 Å². The van der Waals surface area contributed by atoms with Crippen molar-refractivity contribution < 1.29 is 9.84 Å². The third kappa shape index (κ3) is 3.16. The van der Waals surface area contributed by atoms with Crippen LogP contribution in [0.3, 0.4) is 0 Å². The summed E-state index contributed by atoms with van der Waals surface area (Å²) >= 11 is 12.1. The van der Waals surface area contributed by atoms with Gasteiger partial charge in [0.25, 0.3) is 0 Å². The van der Waals surface area contributed by atoms with Gasteiger partial charge in [-0.1, -0.05) is 47.5 Å². The molecule has 0 saturated heterocycles. The molecule has 0 aliphatic carbocycles. The summed E-state index contributed by atoms with van der Waals surface area (Å²) in [5.74, 6) is 0.578. The van der Waals surface area contributed by atoms with Gasteiger partial charge in [-0.05, 0) is 23.8 Å². The Balaban J connectivity index is 2.09. The lowest BCUT2D eigenvalue weighted by Crippen LogP contribution is -1.97. The molecule has 0 aliphatic heterocycles. The van der Waals surface area contributed by atoms with Gasteiger partial charge in [-0.15, -0.1) is 0 Å². The van der Waals surface area contributed by atoms with Crippen LogP contribution in [0.4, 0.5) is 0 Å². The average molecular weight is 283 g/mol. The Morgan fingerprint density at radius 2 is 1.78 bits per heavy atom. The maximum Gasteiger partial charge on any atom is 0.138 e. The van der Waals surface area contributed by atoms with Gasteiger partial charge in [0, 0.05) is 10.6 Å². The van der Waals surface area contributed by atoms with Gasteiger partial charge in [0.2, 0.25) is 0 Å². The van der Waals surface area contributed by atoms with E-state index in [9.17, 15) is 0 Å². The average Bonchev–Trinajstić information content (AvgIpc) is 2.39. The quantitative estimate of drug-likeness (QED) is 0.916. The first kappa shape index (κ1) is 13.2. The van der Waals surface area contributed by atoms with Gasteiger partial charge >= 0.3 is 0 Å². The molecule has 2 rings (SSSR count). The van der Waals surface area contributed by atoms with E-state index < -0.39 is 0 Å². The maximum absolute atomic E-state index is 8.98. The first-order valence-corrected chi connectivity index (χ1v) is 6.22. The second kappa shape index (κ2) is 6.10. The van der Waals surface area contributed by atoms with Gasteiger partial charge in [0.05, 0.1) is 11.6 Å². The summed E-state index contributed by atoms with van der Waals surface area (Å²) in [7, 11) is 0. The lowest BCUT2D eigenvalue weighted by Gasteiger charge is -2.10. The van der Waals surface area contributed by atoms with Crippen LogP contribution >= 0.6 is 23.2 Å². The highest BCUT2D eigenvalue weighted by Crippen LogP contribution is 2.27. The standard InChI is InChI=1S/C14H12Cl2O2/c15-12-4-2-1-3-11(12)9-18-14-6-5-10(8-17)7-13(14)16/h1-7,17H,8-9H2. The summed E-state index contributed by atoms with van der Waals surface area (Å²) < 4.78 is 5.61. The minimum absolute atomic E-state index is 0.0372. The second-order valence-electron chi connectivity index (χ2n) is 3.80. The van der Waals surface area contributed by atoms with E-state index in [-0.39, 0.29) is 6.61 Å². The largest absolute Gasteiger partial charge is 0.487 e. The van der Waals surface area contributed by atoms with Crippen molar-refractivity contribution in [3.63, 3.8) is 0 Å². The second-order valence-corrected chi connectivity index (χ2v) is 4.62. The number of rotatable bonds is 4. The van der Waals surface area contributed by atoms with E-state index in [0.29, 0.717) is 22.4 Å². The number of ether oxygens (including phenoxy) is 1. The molecule has 0 amide bonds. The molecule has 0 bridgehead atoms. The van der Waals surface area contributed by atoms with E-state index in [1.165, 1.54) is 0 Å². The van der Waals surface area contributed by atoms with Crippen molar-refractivity contribution in [3.05, 3.63) is 63.6 Å². The molecule has 0 heterocycles. The number of aliphatic hydroxyl groups excluding tert-OH is 1. The summed E-state index contributed by atoms with van der Waals surface area (Å²) in [5.41, 5.74) is 1.66. The van der Waals surface area contributed by atoms with Crippen LogP contribution in [0.5, 0.6) is 5.75 Å². The third-order valence-electron chi connectivity index (χ3n) is 2.52. The molecule has 2 aromatic carbocycles. The maximum atomic E-state index is 8.98. The van der Waals surface area contributed by atoms with Crippen LogP contribution in [-0.4, -0.2) is 5.11 Å². The van der Waals surface area contributed by atoms with Crippen molar-refractivity contribution in [1.29, 1.82) is 0 Å². The molecule has 94 valence electrons. The number of aliphatic hydroxyl groups is 1. The molecular formula is C14H12Cl2O2. The molecule has 18 heavy (non-hydrogen) atoms. The SMILES string of the molecule is OCc1ccc(OCc2ccccc2Cl)c(Cl)c1. The fourth-order valence-corrected chi connectivity index (χ4v) is 1.98. The molecule has 0 saturated carbocycles. The number of halogens is 2. The monoisotopic (exact) mass is 282 g/mol. The van der Waals surface area contributed by atoms with E-state index in [2.05, 4.69) is 0 Å². The van der Waals surface area contributed by atoms with E-state index in [1.54, 1.807) is 18.2 Å². The van der Waals surface area contributed by atoms with Crippen LogP contribution in [0.1, 0.15) is 11.1 Å².